The lowest BCUT2D eigenvalue weighted by Crippen LogP contribution is -2.37. The number of amidine groups is 1. The fourth-order valence-corrected chi connectivity index (χ4v) is 4.90. The molecule has 3 heterocycles. The van der Waals surface area contributed by atoms with Crippen molar-refractivity contribution in [3.05, 3.63) is 53.7 Å². The van der Waals surface area contributed by atoms with Gasteiger partial charge in [-0.2, -0.15) is 0 Å². The van der Waals surface area contributed by atoms with E-state index in [2.05, 4.69) is 60.3 Å². The zero-order chi connectivity index (χ0) is 20.9. The van der Waals surface area contributed by atoms with Gasteiger partial charge in [0.2, 0.25) is 0 Å². The average Bonchev–Trinajstić information content (AvgIpc) is 3.34. The molecular weight excluding hydrogens is 374 g/mol. The van der Waals surface area contributed by atoms with E-state index in [1.807, 2.05) is 6.07 Å². The molecule has 0 bridgehead atoms. The van der Waals surface area contributed by atoms with Crippen LogP contribution in [-0.4, -0.2) is 30.6 Å². The van der Waals surface area contributed by atoms with Gasteiger partial charge in [-0.05, 0) is 75.1 Å². The summed E-state index contributed by atoms with van der Waals surface area (Å²) in [5, 5.41) is 1.22. The van der Waals surface area contributed by atoms with E-state index < -0.39 is 0 Å². The number of benzene rings is 2. The number of aromatic nitrogens is 1. The summed E-state index contributed by atoms with van der Waals surface area (Å²) in [6, 6.07) is 12.9. The van der Waals surface area contributed by atoms with E-state index in [0.717, 1.165) is 42.7 Å². The second kappa shape index (κ2) is 7.08. The molecular formula is C25H29N3O2. The number of rotatable bonds is 3. The molecule has 1 aromatic heterocycles. The molecule has 0 fully saturated rings. The van der Waals surface area contributed by atoms with Gasteiger partial charge in [0.05, 0.1) is 25.8 Å². The predicted octanol–water partition coefficient (Wildman–Crippen LogP) is 5.65. The van der Waals surface area contributed by atoms with Gasteiger partial charge in [0.25, 0.3) is 0 Å². The van der Waals surface area contributed by atoms with Crippen LogP contribution in [0, 0.1) is 0 Å². The number of H-pyrrole nitrogens is 1. The standard InChI is InChI=1S/C25H29N3O2/c1-25(2)12-11-24(27-25)28-22-10-7-17(29-3)13-16(22)5-9-23(28)20-15-26-21-8-6-18(30-4)14-19(20)21/h6-8,10,13-15,23,26H,5,9,11-12H2,1-4H3. The van der Waals surface area contributed by atoms with Crippen LogP contribution in [0.4, 0.5) is 5.69 Å². The Kier molecular flexibility index (Phi) is 4.49. The van der Waals surface area contributed by atoms with Crippen molar-refractivity contribution in [1.29, 1.82) is 0 Å². The maximum atomic E-state index is 5.50. The summed E-state index contributed by atoms with van der Waals surface area (Å²) < 4.78 is 11.0. The first-order chi connectivity index (χ1) is 14.5. The fourth-order valence-electron chi connectivity index (χ4n) is 4.90. The topological polar surface area (TPSA) is 49.9 Å². The Morgan fingerprint density at radius 2 is 1.80 bits per heavy atom. The third kappa shape index (κ3) is 3.13. The Balaban J connectivity index is 1.66. The lowest BCUT2D eigenvalue weighted by molar-refractivity contribution is 0.413. The van der Waals surface area contributed by atoms with Crippen LogP contribution < -0.4 is 14.4 Å². The number of ether oxygens (including phenoxy) is 2. The predicted molar refractivity (Wildman–Crippen MR) is 122 cm³/mol. The number of aromatic amines is 1. The third-order valence-corrected chi connectivity index (χ3v) is 6.50. The minimum absolute atomic E-state index is 0.00655. The largest absolute Gasteiger partial charge is 0.497 e. The Morgan fingerprint density at radius 1 is 1.03 bits per heavy atom. The molecule has 2 aliphatic rings. The molecule has 1 atom stereocenters. The van der Waals surface area contributed by atoms with Gasteiger partial charge in [-0.25, -0.2) is 0 Å². The molecule has 1 unspecified atom stereocenters. The highest BCUT2D eigenvalue weighted by Crippen LogP contribution is 2.44. The smallest absolute Gasteiger partial charge is 0.119 e. The zero-order valence-electron chi connectivity index (χ0n) is 18.2. The van der Waals surface area contributed by atoms with Crippen molar-refractivity contribution in [3.8, 4) is 11.5 Å². The molecule has 30 heavy (non-hydrogen) atoms. The van der Waals surface area contributed by atoms with Gasteiger partial charge in [-0.3, -0.25) is 4.99 Å². The second-order valence-corrected chi connectivity index (χ2v) is 8.92. The molecule has 0 amide bonds. The van der Waals surface area contributed by atoms with Gasteiger partial charge in [0, 0.05) is 34.8 Å². The van der Waals surface area contributed by atoms with Crippen LogP contribution >= 0.6 is 0 Å². The Bertz CT molecular complexity index is 1130. The molecule has 0 spiro atoms. The fraction of sp³-hybridized carbons (Fsp3) is 0.400. The Morgan fingerprint density at radius 3 is 2.53 bits per heavy atom. The normalized spacial score (nSPS) is 20.2. The number of hydrogen-bond donors (Lipinski definition) is 1. The first kappa shape index (κ1) is 19.0. The quantitative estimate of drug-likeness (QED) is 0.615. The van der Waals surface area contributed by atoms with Crippen LogP contribution in [0.25, 0.3) is 10.9 Å². The number of aliphatic imine (C=N–C) groups is 1. The van der Waals surface area contributed by atoms with E-state index in [4.69, 9.17) is 14.5 Å². The molecule has 5 heteroatoms. The van der Waals surface area contributed by atoms with Crippen molar-refractivity contribution in [3.63, 3.8) is 0 Å². The maximum Gasteiger partial charge on any atom is 0.119 e. The van der Waals surface area contributed by atoms with Crippen molar-refractivity contribution in [1.82, 2.24) is 4.98 Å². The van der Waals surface area contributed by atoms with E-state index in [0.29, 0.717) is 0 Å². The highest BCUT2D eigenvalue weighted by atomic mass is 16.5. The van der Waals surface area contributed by atoms with E-state index in [1.54, 1.807) is 14.2 Å². The number of nitrogens with zero attached hydrogens (tertiary/aromatic N) is 2. The van der Waals surface area contributed by atoms with Gasteiger partial charge in [0.15, 0.2) is 0 Å². The first-order valence-corrected chi connectivity index (χ1v) is 10.7. The third-order valence-electron chi connectivity index (χ3n) is 6.50. The summed E-state index contributed by atoms with van der Waals surface area (Å²) in [6.07, 6.45) is 6.29. The van der Waals surface area contributed by atoms with Gasteiger partial charge < -0.3 is 19.4 Å². The Labute approximate surface area is 177 Å². The zero-order valence-corrected chi connectivity index (χ0v) is 18.2. The Hall–Kier alpha value is -2.95. The molecule has 0 radical (unpaired) electrons. The summed E-state index contributed by atoms with van der Waals surface area (Å²) in [4.78, 5) is 11.1. The molecule has 3 aromatic rings. The van der Waals surface area contributed by atoms with Crippen LogP contribution in [0.15, 0.2) is 47.6 Å². The van der Waals surface area contributed by atoms with E-state index >= 15 is 0 Å². The SMILES string of the molecule is COc1ccc2c(c1)CCC(c1c[nH]c3ccc(OC)cc13)N2C1=NC(C)(C)CC1. The molecule has 2 aromatic carbocycles. The first-order valence-electron chi connectivity index (χ1n) is 10.7. The monoisotopic (exact) mass is 403 g/mol. The van der Waals surface area contributed by atoms with Crippen LogP contribution in [0.5, 0.6) is 11.5 Å². The summed E-state index contributed by atoms with van der Waals surface area (Å²) >= 11 is 0. The molecule has 0 aliphatic carbocycles. The number of anilines is 1. The van der Waals surface area contributed by atoms with Crippen molar-refractivity contribution in [2.45, 2.75) is 51.1 Å². The van der Waals surface area contributed by atoms with Gasteiger partial charge in [0.1, 0.15) is 17.3 Å². The minimum atomic E-state index is -0.00655. The van der Waals surface area contributed by atoms with Crippen LogP contribution in [0.3, 0.4) is 0 Å². The highest BCUT2D eigenvalue weighted by molar-refractivity contribution is 6.02. The number of fused-ring (bicyclic) bond motifs is 2. The van der Waals surface area contributed by atoms with E-state index in [9.17, 15) is 0 Å². The lowest BCUT2D eigenvalue weighted by atomic mass is 9.90. The molecule has 5 rings (SSSR count). The second-order valence-electron chi connectivity index (χ2n) is 8.92. The van der Waals surface area contributed by atoms with Crippen molar-refractivity contribution in [2.24, 2.45) is 4.99 Å². The van der Waals surface area contributed by atoms with Crippen molar-refractivity contribution < 1.29 is 9.47 Å². The van der Waals surface area contributed by atoms with E-state index in [1.165, 1.54) is 28.0 Å². The van der Waals surface area contributed by atoms with Crippen molar-refractivity contribution in [2.75, 3.05) is 19.1 Å². The summed E-state index contributed by atoms with van der Waals surface area (Å²) in [6.45, 7) is 4.45. The molecule has 1 N–H and O–H groups in total. The average molecular weight is 404 g/mol. The molecule has 0 saturated heterocycles. The van der Waals surface area contributed by atoms with Crippen LogP contribution in [-0.2, 0) is 6.42 Å². The minimum Gasteiger partial charge on any atom is -0.497 e. The number of aryl methyl sites for hydroxylation is 1. The van der Waals surface area contributed by atoms with Gasteiger partial charge in [-0.15, -0.1) is 0 Å². The molecule has 156 valence electrons. The lowest BCUT2D eigenvalue weighted by Gasteiger charge is -2.39. The van der Waals surface area contributed by atoms with Crippen LogP contribution in [0.2, 0.25) is 0 Å². The summed E-state index contributed by atoms with van der Waals surface area (Å²) in [7, 11) is 3.45. The molecule has 2 aliphatic heterocycles. The highest BCUT2D eigenvalue weighted by Gasteiger charge is 2.36. The van der Waals surface area contributed by atoms with Gasteiger partial charge >= 0.3 is 0 Å². The molecule has 5 nitrogen and oxygen atoms in total. The number of methoxy groups -OCH3 is 2. The number of nitrogens with one attached hydrogen (secondary N) is 1. The van der Waals surface area contributed by atoms with Gasteiger partial charge in [-0.1, -0.05) is 0 Å². The summed E-state index contributed by atoms with van der Waals surface area (Å²) in [5.41, 5.74) is 5.02. The molecule has 0 saturated carbocycles. The van der Waals surface area contributed by atoms with Crippen molar-refractivity contribution >= 4 is 22.4 Å². The van der Waals surface area contributed by atoms with Crippen LogP contribution in [0.1, 0.15) is 50.3 Å². The summed E-state index contributed by atoms with van der Waals surface area (Å²) in [5.74, 6) is 2.99. The maximum absolute atomic E-state index is 5.50. The number of hydrogen-bond acceptors (Lipinski definition) is 4. The van der Waals surface area contributed by atoms with E-state index in [-0.39, 0.29) is 11.6 Å².